The molecule has 1 spiro atoms. The van der Waals surface area contributed by atoms with Gasteiger partial charge in [0.2, 0.25) is 0 Å². The average molecular weight is 681 g/mol. The van der Waals surface area contributed by atoms with E-state index in [1.165, 1.54) is 12.4 Å². The van der Waals surface area contributed by atoms with Gasteiger partial charge in [-0.15, -0.1) is 0 Å². The number of cyclic esters (lactones) is 1. The molecule has 1 aromatic carbocycles. The van der Waals surface area contributed by atoms with Gasteiger partial charge in [0.05, 0.1) is 23.1 Å². The van der Waals surface area contributed by atoms with Crippen LogP contribution in [0.4, 0.5) is 0 Å². The summed E-state index contributed by atoms with van der Waals surface area (Å²) in [7, 11) is 0. The minimum atomic E-state index is -1.37. The van der Waals surface area contributed by atoms with Crippen LogP contribution in [-0.4, -0.2) is 70.0 Å². The number of aromatic nitrogens is 2. The fourth-order valence-corrected chi connectivity index (χ4v) is 8.95. The summed E-state index contributed by atoms with van der Waals surface area (Å²) in [5.74, 6) is -2.70. The van der Waals surface area contributed by atoms with Gasteiger partial charge in [-0.3, -0.25) is 14.8 Å². The molecule has 3 fully saturated rings. The van der Waals surface area contributed by atoms with Gasteiger partial charge in [0, 0.05) is 48.0 Å². The molecule has 11 heteroatoms. The molecule has 11 nitrogen and oxygen atoms in total. The van der Waals surface area contributed by atoms with Crippen molar-refractivity contribution < 1.29 is 42.9 Å². The Labute approximate surface area is 290 Å². The Kier molecular flexibility index (Phi) is 8.37. The van der Waals surface area contributed by atoms with Crippen LogP contribution in [0.5, 0.6) is 0 Å². The van der Waals surface area contributed by atoms with Crippen LogP contribution in [0.3, 0.4) is 0 Å². The van der Waals surface area contributed by atoms with Gasteiger partial charge in [-0.1, -0.05) is 43.7 Å². The van der Waals surface area contributed by atoms with Crippen molar-refractivity contribution >= 4 is 23.9 Å². The number of nitrogens with zero attached hydrogens (tertiary/aromatic N) is 2. The molecule has 1 saturated carbocycles. The van der Waals surface area contributed by atoms with E-state index in [9.17, 15) is 19.2 Å². The Hall–Kier alpha value is -4.90. The number of rotatable bonds is 6. The van der Waals surface area contributed by atoms with Crippen LogP contribution in [0, 0.1) is 16.7 Å². The molecular formula is C39H40N2O9. The summed E-state index contributed by atoms with van der Waals surface area (Å²) in [5, 5.41) is 0. The molecule has 2 aromatic heterocycles. The number of carbonyl (C=O) groups excluding carboxylic acids is 4. The lowest BCUT2D eigenvalue weighted by atomic mass is 9.41. The highest BCUT2D eigenvalue weighted by Crippen LogP contribution is 2.69. The number of fused-ring (bicyclic) bond motifs is 3. The van der Waals surface area contributed by atoms with E-state index < -0.39 is 64.2 Å². The highest BCUT2D eigenvalue weighted by Gasteiger charge is 2.76. The highest BCUT2D eigenvalue weighted by atomic mass is 16.6. The van der Waals surface area contributed by atoms with Crippen molar-refractivity contribution in [2.75, 3.05) is 6.61 Å². The van der Waals surface area contributed by atoms with E-state index in [4.69, 9.17) is 23.7 Å². The Morgan fingerprint density at radius 3 is 1.98 bits per heavy atom. The van der Waals surface area contributed by atoms with Gasteiger partial charge in [0.1, 0.15) is 23.9 Å². The molecule has 7 rings (SSSR count). The van der Waals surface area contributed by atoms with Crippen molar-refractivity contribution in [1.29, 1.82) is 0 Å². The summed E-state index contributed by atoms with van der Waals surface area (Å²) in [6.07, 6.45) is 6.43. The zero-order valence-corrected chi connectivity index (χ0v) is 28.5. The third-order valence-corrected chi connectivity index (χ3v) is 11.8. The number of hydrogen-bond acceptors (Lipinski definition) is 11. The van der Waals surface area contributed by atoms with E-state index in [1.807, 2.05) is 26.8 Å². The number of carbonyl (C=O) groups is 4. The van der Waals surface area contributed by atoms with Crippen LogP contribution in [0.1, 0.15) is 84.5 Å². The lowest BCUT2D eigenvalue weighted by Gasteiger charge is -2.70. The normalized spacial score (nSPS) is 34.4. The summed E-state index contributed by atoms with van der Waals surface area (Å²) in [4.78, 5) is 62.4. The lowest BCUT2D eigenvalue weighted by molar-refractivity contribution is -0.345. The fourth-order valence-electron chi connectivity index (χ4n) is 8.95. The summed E-state index contributed by atoms with van der Waals surface area (Å²) in [6.45, 7) is 7.91. The first-order valence-electron chi connectivity index (χ1n) is 16.9. The van der Waals surface area contributed by atoms with Crippen LogP contribution in [-0.2, 0) is 28.5 Å². The van der Waals surface area contributed by atoms with Crippen LogP contribution < -0.4 is 0 Å². The second kappa shape index (κ2) is 12.5. The van der Waals surface area contributed by atoms with Crippen molar-refractivity contribution in [3.05, 3.63) is 108 Å². The first-order chi connectivity index (χ1) is 23.9. The predicted octanol–water partition coefficient (Wildman–Crippen LogP) is 5.70. The van der Waals surface area contributed by atoms with Crippen LogP contribution in [0.2, 0.25) is 0 Å². The van der Waals surface area contributed by atoms with Gasteiger partial charge in [-0.05, 0) is 63.1 Å². The van der Waals surface area contributed by atoms with Crippen molar-refractivity contribution in [2.45, 2.75) is 82.9 Å². The Morgan fingerprint density at radius 1 is 0.780 bits per heavy atom. The number of esters is 4. The Morgan fingerprint density at radius 2 is 1.38 bits per heavy atom. The topological polar surface area (TPSA) is 140 Å². The Balaban J connectivity index is 1.40. The van der Waals surface area contributed by atoms with Gasteiger partial charge in [0.15, 0.2) is 12.2 Å². The van der Waals surface area contributed by atoms with Gasteiger partial charge in [-0.25, -0.2) is 14.4 Å². The number of hydrogen-bond donors (Lipinski definition) is 0. The van der Waals surface area contributed by atoms with Gasteiger partial charge in [-0.2, -0.15) is 0 Å². The zero-order valence-electron chi connectivity index (χ0n) is 28.5. The van der Waals surface area contributed by atoms with Gasteiger partial charge in [0.25, 0.3) is 0 Å². The van der Waals surface area contributed by atoms with Crippen molar-refractivity contribution in [3.8, 4) is 0 Å². The van der Waals surface area contributed by atoms with Crippen molar-refractivity contribution in [3.63, 3.8) is 0 Å². The molecule has 2 aliphatic heterocycles. The van der Waals surface area contributed by atoms with Crippen molar-refractivity contribution in [2.24, 2.45) is 16.7 Å². The summed E-state index contributed by atoms with van der Waals surface area (Å²) in [6, 6.07) is 15.1. The third-order valence-electron chi connectivity index (χ3n) is 11.8. The number of benzene rings is 1. The van der Waals surface area contributed by atoms with E-state index >= 15 is 0 Å². The molecule has 0 radical (unpaired) electrons. The molecule has 260 valence electrons. The summed E-state index contributed by atoms with van der Waals surface area (Å²) in [5.41, 5.74) is -2.52. The van der Waals surface area contributed by atoms with E-state index in [1.54, 1.807) is 67.0 Å². The lowest BCUT2D eigenvalue weighted by Crippen LogP contribution is -2.78. The van der Waals surface area contributed by atoms with Crippen LogP contribution in [0.15, 0.2) is 91.0 Å². The molecule has 0 bridgehead atoms. The van der Waals surface area contributed by atoms with Crippen LogP contribution >= 0.6 is 0 Å². The highest BCUT2D eigenvalue weighted by molar-refractivity contribution is 5.91. The second-order valence-electron chi connectivity index (χ2n) is 14.5. The van der Waals surface area contributed by atoms with E-state index in [0.29, 0.717) is 30.4 Å². The van der Waals surface area contributed by atoms with E-state index in [2.05, 4.69) is 16.9 Å². The standard InChI is InChI=1S/C39H40N2O9/c1-24-14-15-28(47-34(44)26-12-8-18-40-21-26)30-36(2)16-17-39(20-29(42)46-23-39)50-38(36,4)32(49-33(43)25-10-6-5-7-11-25)31(37(24,30)3)48-35(45)27-13-9-19-41-22-27/h5-14,18-19,21-22,28,30-32H,15-17,20,23H2,1-4H3/t28-,30?,31+,32+,36-,37+,38+,39+/m1/s1. The first kappa shape index (κ1) is 33.6. The molecule has 4 aliphatic rings. The minimum absolute atomic E-state index is 0.0262. The summed E-state index contributed by atoms with van der Waals surface area (Å²) >= 11 is 0. The van der Waals surface area contributed by atoms with Crippen molar-refractivity contribution in [1.82, 2.24) is 9.97 Å². The molecule has 50 heavy (non-hydrogen) atoms. The molecule has 4 heterocycles. The predicted molar refractivity (Wildman–Crippen MR) is 178 cm³/mol. The van der Waals surface area contributed by atoms with Gasteiger partial charge < -0.3 is 23.7 Å². The summed E-state index contributed by atoms with van der Waals surface area (Å²) < 4.78 is 32.0. The molecule has 0 amide bonds. The number of ether oxygens (including phenoxy) is 5. The third kappa shape index (κ3) is 5.39. The second-order valence-corrected chi connectivity index (χ2v) is 14.5. The Bertz CT molecular complexity index is 1840. The molecule has 0 N–H and O–H groups in total. The maximum Gasteiger partial charge on any atom is 0.340 e. The molecular weight excluding hydrogens is 640 g/mol. The van der Waals surface area contributed by atoms with Crippen LogP contribution in [0.25, 0.3) is 0 Å². The quantitative estimate of drug-likeness (QED) is 0.180. The van der Waals surface area contributed by atoms with E-state index in [0.717, 1.165) is 5.57 Å². The SMILES string of the molecule is CC1=CC[C@@H](OC(=O)c2cccnc2)C2[C@@]1(C)[C@@H](OC(=O)c1cccnc1)[C@H](OC(=O)c1ccccc1)[C@]1(C)O[C@]3(CC[C@]21C)COC(=O)C3. The fraction of sp³-hybridized carbons (Fsp3) is 0.436. The average Bonchev–Trinajstić information content (AvgIpc) is 3.49. The maximum atomic E-state index is 14.0. The minimum Gasteiger partial charge on any atom is -0.463 e. The molecule has 3 aromatic rings. The van der Waals surface area contributed by atoms with Gasteiger partial charge >= 0.3 is 23.9 Å². The molecule has 8 atom stereocenters. The molecule has 2 aliphatic carbocycles. The zero-order chi connectivity index (χ0) is 35.3. The monoisotopic (exact) mass is 680 g/mol. The molecule has 2 saturated heterocycles. The van der Waals surface area contributed by atoms with E-state index in [-0.39, 0.29) is 24.6 Å². The first-order valence-corrected chi connectivity index (χ1v) is 16.9. The maximum absolute atomic E-state index is 14.0. The molecule has 1 unspecified atom stereocenters. The largest absolute Gasteiger partial charge is 0.463 e. The smallest absolute Gasteiger partial charge is 0.340 e. The number of pyridine rings is 2.